The summed E-state index contributed by atoms with van der Waals surface area (Å²) >= 11 is 0. The lowest BCUT2D eigenvalue weighted by atomic mass is 11.9. The molecule has 0 radical (unpaired) electrons. The van der Waals surface area contributed by atoms with Crippen molar-refractivity contribution in [2.24, 2.45) is 0 Å². The second kappa shape index (κ2) is 4.08. The van der Waals surface area contributed by atoms with Crippen molar-refractivity contribution >= 4 is 17.4 Å². The Morgan fingerprint density at radius 2 is 1.20 bits per heavy atom. The smallest absolute Gasteiger partial charge is 0.322 e. The summed E-state index contributed by atoms with van der Waals surface area (Å²) in [5, 5.41) is 0. The van der Waals surface area contributed by atoms with Gasteiger partial charge in [-0.15, -0.1) is 0 Å². The normalized spacial score (nSPS) is 11.7. The molecular weight excluding hydrogens is 179 g/mol. The van der Waals surface area contributed by atoms with E-state index in [0.29, 0.717) is 0 Å². The van der Waals surface area contributed by atoms with Gasteiger partial charge in [0.1, 0.15) is 9.84 Å². The van der Waals surface area contributed by atoms with E-state index in [4.69, 9.17) is 9.79 Å². The highest BCUT2D eigenvalue weighted by Gasteiger charge is 1.95. The van der Waals surface area contributed by atoms with Crippen LogP contribution in [0, 0.1) is 0 Å². The minimum atomic E-state index is -3.64. The van der Waals surface area contributed by atoms with E-state index in [1.54, 1.807) is 0 Å². The average molecular weight is 190 g/mol. The third-order valence-electron chi connectivity index (χ3n) is 0. The SMILES string of the molecule is CP(=O)(O)O.CS(C)(=O)=O. The van der Waals surface area contributed by atoms with Gasteiger partial charge in [0.15, 0.2) is 0 Å². The van der Waals surface area contributed by atoms with Crippen molar-refractivity contribution in [1.29, 1.82) is 0 Å². The molecule has 0 amide bonds. The zero-order valence-electron chi connectivity index (χ0n) is 5.97. The number of hydrogen-bond acceptors (Lipinski definition) is 3. The molecule has 0 saturated heterocycles. The number of rotatable bonds is 0. The largest absolute Gasteiger partial charge is 0.325 e. The van der Waals surface area contributed by atoms with Crippen LogP contribution in [0.3, 0.4) is 0 Å². The molecule has 64 valence electrons. The molecule has 0 aromatic heterocycles. The maximum atomic E-state index is 9.63. The summed E-state index contributed by atoms with van der Waals surface area (Å²) < 4.78 is 28.6. The van der Waals surface area contributed by atoms with Gasteiger partial charge in [-0.05, 0) is 0 Å². The summed E-state index contributed by atoms with van der Waals surface area (Å²) in [4.78, 5) is 15.3. The van der Waals surface area contributed by atoms with Crippen LogP contribution < -0.4 is 0 Å². The molecule has 0 spiro atoms. The van der Waals surface area contributed by atoms with Crippen molar-refractivity contribution in [3.8, 4) is 0 Å². The van der Waals surface area contributed by atoms with Crippen LogP contribution in [0.2, 0.25) is 0 Å². The van der Waals surface area contributed by atoms with E-state index in [-0.39, 0.29) is 0 Å². The van der Waals surface area contributed by atoms with Crippen LogP contribution in [0.5, 0.6) is 0 Å². The lowest BCUT2D eigenvalue weighted by Crippen LogP contribution is -1.86. The van der Waals surface area contributed by atoms with E-state index >= 15 is 0 Å². The van der Waals surface area contributed by atoms with Gasteiger partial charge in [0, 0.05) is 19.2 Å². The van der Waals surface area contributed by atoms with Crippen LogP contribution in [0.15, 0.2) is 0 Å². The molecule has 0 unspecified atom stereocenters. The number of sulfone groups is 1. The Kier molecular flexibility index (Phi) is 5.20. The molecule has 0 aromatic rings. The van der Waals surface area contributed by atoms with Gasteiger partial charge in [-0.25, -0.2) is 8.42 Å². The van der Waals surface area contributed by atoms with Gasteiger partial charge < -0.3 is 9.79 Å². The monoisotopic (exact) mass is 190 g/mol. The molecule has 0 aromatic carbocycles. The molecule has 0 atom stereocenters. The molecule has 0 saturated carbocycles. The summed E-state index contributed by atoms with van der Waals surface area (Å²) in [7, 11) is -6.31. The Labute approximate surface area is 60.2 Å². The summed E-state index contributed by atoms with van der Waals surface area (Å²) in [6, 6.07) is 0. The van der Waals surface area contributed by atoms with Gasteiger partial charge in [-0.2, -0.15) is 0 Å². The van der Waals surface area contributed by atoms with Crippen LogP contribution in [0.1, 0.15) is 0 Å². The second-order valence-electron chi connectivity index (χ2n) is 1.98. The number of hydrogen-bond donors (Lipinski definition) is 2. The molecule has 0 rings (SSSR count). The van der Waals surface area contributed by atoms with Gasteiger partial charge in [0.25, 0.3) is 0 Å². The van der Waals surface area contributed by atoms with Crippen molar-refractivity contribution in [2.75, 3.05) is 19.2 Å². The van der Waals surface area contributed by atoms with Gasteiger partial charge >= 0.3 is 7.60 Å². The fourth-order valence-electron chi connectivity index (χ4n) is 0. The fourth-order valence-corrected chi connectivity index (χ4v) is 0. The first-order valence-electron chi connectivity index (χ1n) is 2.18. The maximum Gasteiger partial charge on any atom is 0.322 e. The van der Waals surface area contributed by atoms with Crippen molar-refractivity contribution < 1.29 is 22.8 Å². The summed E-state index contributed by atoms with van der Waals surface area (Å²) in [5.41, 5.74) is 0. The maximum absolute atomic E-state index is 9.63. The van der Waals surface area contributed by atoms with Gasteiger partial charge in [-0.1, -0.05) is 0 Å². The molecule has 0 aliphatic heterocycles. The third kappa shape index (κ3) is 40800. The Morgan fingerprint density at radius 1 is 1.20 bits per heavy atom. The molecule has 0 bridgehead atoms. The van der Waals surface area contributed by atoms with E-state index in [1.165, 1.54) is 0 Å². The van der Waals surface area contributed by atoms with Gasteiger partial charge in [0.05, 0.1) is 0 Å². The van der Waals surface area contributed by atoms with Crippen LogP contribution >= 0.6 is 7.60 Å². The minimum Gasteiger partial charge on any atom is -0.325 e. The summed E-state index contributed by atoms with van der Waals surface area (Å²) in [6.45, 7) is 0.854. The third-order valence-corrected chi connectivity index (χ3v) is 0. The lowest BCUT2D eigenvalue weighted by Gasteiger charge is -1.84. The molecule has 5 nitrogen and oxygen atoms in total. The fraction of sp³-hybridized carbons (Fsp3) is 1.00. The van der Waals surface area contributed by atoms with Crippen molar-refractivity contribution in [3.05, 3.63) is 0 Å². The van der Waals surface area contributed by atoms with Crippen LogP contribution in [-0.2, 0) is 14.4 Å². The lowest BCUT2D eigenvalue weighted by molar-refractivity contribution is 0.381. The van der Waals surface area contributed by atoms with E-state index in [9.17, 15) is 13.0 Å². The van der Waals surface area contributed by atoms with Crippen LogP contribution in [0.25, 0.3) is 0 Å². The average Bonchev–Trinajstić information content (AvgIpc) is 1.12. The Hall–Kier alpha value is 0.1000. The van der Waals surface area contributed by atoms with Crippen LogP contribution in [-0.4, -0.2) is 37.4 Å². The van der Waals surface area contributed by atoms with E-state index in [1.807, 2.05) is 0 Å². The summed E-state index contributed by atoms with van der Waals surface area (Å²) in [5.74, 6) is 0. The molecule has 0 aliphatic rings. The van der Waals surface area contributed by atoms with E-state index in [0.717, 1.165) is 19.2 Å². The topological polar surface area (TPSA) is 91.7 Å². The van der Waals surface area contributed by atoms with Crippen molar-refractivity contribution in [2.45, 2.75) is 0 Å². The highest BCUT2D eigenvalue weighted by atomic mass is 32.2. The highest BCUT2D eigenvalue weighted by Crippen LogP contribution is 2.26. The molecule has 2 N–H and O–H groups in total. The van der Waals surface area contributed by atoms with Crippen molar-refractivity contribution in [1.82, 2.24) is 0 Å². The van der Waals surface area contributed by atoms with Crippen molar-refractivity contribution in [3.63, 3.8) is 0 Å². The first-order valence-corrected chi connectivity index (χ1v) is 6.54. The Bertz CT molecular complexity index is 195. The van der Waals surface area contributed by atoms with Gasteiger partial charge in [0.2, 0.25) is 0 Å². The van der Waals surface area contributed by atoms with Crippen LogP contribution in [0.4, 0.5) is 0 Å². The standard InChI is InChI=1S/C2H6O2S.CH5O3P/c2*1-5(2,3)4/h1-2H3;1H3,(H2,2,3,4). The molecular formula is C3H11O5PS. The van der Waals surface area contributed by atoms with Gasteiger partial charge in [-0.3, -0.25) is 4.57 Å². The predicted molar refractivity (Wildman–Crippen MR) is 38.7 cm³/mol. The zero-order valence-corrected chi connectivity index (χ0v) is 7.69. The molecule has 7 heteroatoms. The molecule has 0 heterocycles. The predicted octanol–water partition coefficient (Wildman–Crippen LogP) is -0.545. The Balaban J connectivity index is 0. The Morgan fingerprint density at radius 3 is 1.20 bits per heavy atom. The second-order valence-corrected chi connectivity index (χ2v) is 5.93. The van der Waals surface area contributed by atoms with E-state index < -0.39 is 17.4 Å². The molecule has 10 heavy (non-hydrogen) atoms. The van der Waals surface area contributed by atoms with E-state index in [2.05, 4.69) is 0 Å². The highest BCUT2D eigenvalue weighted by molar-refractivity contribution is 7.89. The molecule has 0 fully saturated rings. The molecule has 0 aliphatic carbocycles. The zero-order chi connectivity index (χ0) is 9.00. The first kappa shape index (κ1) is 12.7. The first-order chi connectivity index (χ1) is 4.00. The minimum absolute atomic E-state index is 0.854. The quantitative estimate of drug-likeness (QED) is 0.500. The summed E-state index contributed by atoms with van der Waals surface area (Å²) in [6.07, 6.45) is 2.32.